The molecular formula is C18H25N3O3S. The van der Waals surface area contributed by atoms with Gasteiger partial charge in [0.1, 0.15) is 5.75 Å². The van der Waals surface area contributed by atoms with Gasteiger partial charge in [0, 0.05) is 25.6 Å². The Morgan fingerprint density at radius 3 is 2.96 bits per heavy atom. The van der Waals surface area contributed by atoms with Crippen LogP contribution >= 0.6 is 0 Å². The van der Waals surface area contributed by atoms with E-state index in [9.17, 15) is 8.42 Å². The van der Waals surface area contributed by atoms with Crippen LogP contribution in [0.15, 0.2) is 18.2 Å². The monoisotopic (exact) mass is 363 g/mol. The second-order valence-electron chi connectivity index (χ2n) is 6.91. The van der Waals surface area contributed by atoms with Crippen molar-refractivity contribution in [1.29, 1.82) is 5.26 Å². The highest BCUT2D eigenvalue weighted by Gasteiger charge is 2.32. The Kier molecular flexibility index (Phi) is 5.62. The first kappa shape index (κ1) is 18.2. The summed E-state index contributed by atoms with van der Waals surface area (Å²) >= 11 is 0. The SMILES string of the molecule is COc1ccc2c(c1)CCN(S(=O)(=O)N[C@@H]1CCC(CCC#N)C1)C2. The number of hydrogen-bond donors (Lipinski definition) is 1. The van der Waals surface area contributed by atoms with Crippen LogP contribution in [-0.2, 0) is 23.2 Å². The Bertz CT molecular complexity index is 757. The number of benzene rings is 1. The first-order chi connectivity index (χ1) is 12.0. The number of ether oxygens (including phenoxy) is 1. The number of nitrogens with zero attached hydrogens (tertiary/aromatic N) is 2. The van der Waals surface area contributed by atoms with E-state index in [1.807, 2.05) is 18.2 Å². The van der Waals surface area contributed by atoms with Crippen molar-refractivity contribution < 1.29 is 13.2 Å². The van der Waals surface area contributed by atoms with Crippen LogP contribution in [0.5, 0.6) is 5.75 Å². The largest absolute Gasteiger partial charge is 0.497 e. The maximum Gasteiger partial charge on any atom is 0.280 e. The van der Waals surface area contributed by atoms with Gasteiger partial charge in [-0.25, -0.2) is 0 Å². The van der Waals surface area contributed by atoms with Crippen LogP contribution < -0.4 is 9.46 Å². The zero-order chi connectivity index (χ0) is 17.9. The molecule has 1 aliphatic carbocycles. The molecule has 136 valence electrons. The Balaban J connectivity index is 1.61. The van der Waals surface area contributed by atoms with Crippen molar-refractivity contribution in [2.45, 2.75) is 51.1 Å². The molecule has 1 aromatic carbocycles. The average Bonchev–Trinajstić information content (AvgIpc) is 3.05. The van der Waals surface area contributed by atoms with Gasteiger partial charge in [-0.3, -0.25) is 0 Å². The van der Waals surface area contributed by atoms with Crippen molar-refractivity contribution in [3.63, 3.8) is 0 Å². The Morgan fingerprint density at radius 2 is 2.20 bits per heavy atom. The summed E-state index contributed by atoms with van der Waals surface area (Å²) in [6.45, 7) is 0.888. The maximum absolute atomic E-state index is 12.7. The summed E-state index contributed by atoms with van der Waals surface area (Å²) in [6, 6.07) is 7.97. The van der Waals surface area contributed by atoms with Crippen molar-refractivity contribution in [3.8, 4) is 11.8 Å². The van der Waals surface area contributed by atoms with E-state index >= 15 is 0 Å². The summed E-state index contributed by atoms with van der Waals surface area (Å²) in [5.41, 5.74) is 2.19. The number of hydrogen-bond acceptors (Lipinski definition) is 4. The van der Waals surface area contributed by atoms with Crippen LogP contribution in [-0.4, -0.2) is 32.4 Å². The highest BCUT2D eigenvalue weighted by atomic mass is 32.2. The summed E-state index contributed by atoms with van der Waals surface area (Å²) in [4.78, 5) is 0. The third-order valence-electron chi connectivity index (χ3n) is 5.25. The Morgan fingerprint density at radius 1 is 1.36 bits per heavy atom. The molecule has 1 unspecified atom stereocenters. The molecule has 1 aliphatic heterocycles. The summed E-state index contributed by atoms with van der Waals surface area (Å²) in [7, 11) is -1.85. The minimum Gasteiger partial charge on any atom is -0.497 e. The lowest BCUT2D eigenvalue weighted by Crippen LogP contribution is -2.46. The van der Waals surface area contributed by atoms with Crippen molar-refractivity contribution in [2.75, 3.05) is 13.7 Å². The topological polar surface area (TPSA) is 82.4 Å². The first-order valence-electron chi connectivity index (χ1n) is 8.82. The van der Waals surface area contributed by atoms with Gasteiger partial charge in [0.25, 0.3) is 10.2 Å². The maximum atomic E-state index is 12.7. The fourth-order valence-electron chi connectivity index (χ4n) is 3.83. The van der Waals surface area contributed by atoms with Crippen molar-refractivity contribution >= 4 is 10.2 Å². The lowest BCUT2D eigenvalue weighted by atomic mass is 10.0. The third-order valence-corrected chi connectivity index (χ3v) is 6.87. The smallest absolute Gasteiger partial charge is 0.280 e. The molecule has 0 radical (unpaired) electrons. The van der Waals surface area contributed by atoms with Gasteiger partial charge >= 0.3 is 0 Å². The van der Waals surface area contributed by atoms with Gasteiger partial charge in [-0.2, -0.15) is 22.7 Å². The summed E-state index contributed by atoms with van der Waals surface area (Å²) in [5, 5.41) is 8.69. The minimum absolute atomic E-state index is 0.00837. The standard InChI is InChI=1S/C18H25N3O3S/c1-24-18-7-5-16-13-21(10-8-15(16)12-18)25(22,23)20-17-6-4-14(11-17)3-2-9-19/h5,7,12,14,17,20H,2-4,6,8,10-11,13H2,1H3/t14?,17-/m1/s1. The van der Waals surface area contributed by atoms with E-state index in [2.05, 4.69) is 10.8 Å². The minimum atomic E-state index is -3.48. The summed E-state index contributed by atoms with van der Waals surface area (Å²) < 4.78 is 35.1. The molecular weight excluding hydrogens is 338 g/mol. The third kappa shape index (κ3) is 4.32. The molecule has 1 heterocycles. The van der Waals surface area contributed by atoms with E-state index in [1.54, 1.807) is 7.11 Å². The van der Waals surface area contributed by atoms with Crippen LogP contribution in [0, 0.1) is 17.2 Å². The van der Waals surface area contributed by atoms with Crippen molar-refractivity contribution in [2.24, 2.45) is 5.92 Å². The predicted molar refractivity (Wildman–Crippen MR) is 95.1 cm³/mol. The van der Waals surface area contributed by atoms with E-state index < -0.39 is 10.2 Å². The van der Waals surface area contributed by atoms with E-state index in [-0.39, 0.29) is 6.04 Å². The molecule has 0 amide bonds. The van der Waals surface area contributed by atoms with E-state index in [0.29, 0.717) is 31.8 Å². The van der Waals surface area contributed by atoms with Crippen LogP contribution in [0.4, 0.5) is 0 Å². The number of nitriles is 1. The van der Waals surface area contributed by atoms with Crippen molar-refractivity contribution in [1.82, 2.24) is 9.03 Å². The normalized spacial score (nSPS) is 23.8. The Hall–Kier alpha value is -1.62. The molecule has 2 aliphatic rings. The molecule has 7 heteroatoms. The fraction of sp³-hybridized carbons (Fsp3) is 0.611. The lowest BCUT2D eigenvalue weighted by Gasteiger charge is -2.29. The van der Waals surface area contributed by atoms with Gasteiger partial charge in [-0.1, -0.05) is 6.07 Å². The first-order valence-corrected chi connectivity index (χ1v) is 10.3. The van der Waals surface area contributed by atoms with E-state index in [4.69, 9.17) is 10.00 Å². The van der Waals surface area contributed by atoms with Crippen LogP contribution in [0.25, 0.3) is 0 Å². The second kappa shape index (κ2) is 7.73. The quantitative estimate of drug-likeness (QED) is 0.841. The number of fused-ring (bicyclic) bond motifs is 1. The lowest BCUT2D eigenvalue weighted by molar-refractivity contribution is 0.374. The zero-order valence-electron chi connectivity index (χ0n) is 14.6. The summed E-state index contributed by atoms with van der Waals surface area (Å²) in [6.07, 6.45) is 4.81. The zero-order valence-corrected chi connectivity index (χ0v) is 15.4. The number of rotatable bonds is 6. The molecule has 1 fully saturated rings. The van der Waals surface area contributed by atoms with Crippen LogP contribution in [0.3, 0.4) is 0 Å². The molecule has 0 spiro atoms. The number of nitrogens with one attached hydrogen (secondary N) is 1. The average molecular weight is 363 g/mol. The van der Waals surface area contributed by atoms with Gasteiger partial charge in [0.05, 0.1) is 13.2 Å². The highest BCUT2D eigenvalue weighted by Crippen LogP contribution is 2.30. The Labute approximate surface area is 150 Å². The van der Waals surface area contributed by atoms with E-state index in [0.717, 1.165) is 42.6 Å². The molecule has 1 aromatic rings. The fourth-order valence-corrected chi connectivity index (χ4v) is 5.26. The molecule has 6 nitrogen and oxygen atoms in total. The number of methoxy groups -OCH3 is 1. The molecule has 0 saturated heterocycles. The molecule has 25 heavy (non-hydrogen) atoms. The van der Waals surface area contributed by atoms with E-state index in [1.165, 1.54) is 4.31 Å². The highest BCUT2D eigenvalue weighted by molar-refractivity contribution is 7.87. The van der Waals surface area contributed by atoms with Crippen LogP contribution in [0.2, 0.25) is 0 Å². The van der Waals surface area contributed by atoms with Crippen LogP contribution in [0.1, 0.15) is 43.2 Å². The summed E-state index contributed by atoms with van der Waals surface area (Å²) in [5.74, 6) is 1.27. The second-order valence-corrected chi connectivity index (χ2v) is 8.62. The molecule has 2 atom stereocenters. The van der Waals surface area contributed by atoms with Gasteiger partial charge in [0.15, 0.2) is 0 Å². The van der Waals surface area contributed by atoms with Gasteiger partial charge in [-0.05, 0) is 61.3 Å². The van der Waals surface area contributed by atoms with Crippen molar-refractivity contribution in [3.05, 3.63) is 29.3 Å². The molecule has 1 saturated carbocycles. The molecule has 1 N–H and O–H groups in total. The van der Waals surface area contributed by atoms with Gasteiger partial charge < -0.3 is 4.74 Å². The molecule has 0 aromatic heterocycles. The predicted octanol–water partition coefficient (Wildman–Crippen LogP) is 2.36. The molecule has 3 rings (SSSR count). The van der Waals surface area contributed by atoms with Gasteiger partial charge in [0.2, 0.25) is 0 Å². The molecule has 0 bridgehead atoms. The van der Waals surface area contributed by atoms with Gasteiger partial charge in [-0.15, -0.1) is 0 Å².